The predicted octanol–water partition coefficient (Wildman–Crippen LogP) is 2.65. The molecule has 0 bridgehead atoms. The fraction of sp³-hybridized carbons (Fsp3) is 0.296. The summed E-state index contributed by atoms with van der Waals surface area (Å²) in [6.45, 7) is 2.28. The summed E-state index contributed by atoms with van der Waals surface area (Å²) in [6.07, 6.45) is 0.0270. The van der Waals surface area contributed by atoms with Crippen LogP contribution in [0.5, 0.6) is 11.5 Å². The number of primary amides is 1. The minimum absolute atomic E-state index is 0.0320. The molecule has 0 aliphatic heterocycles. The summed E-state index contributed by atoms with van der Waals surface area (Å²) >= 11 is 0. The van der Waals surface area contributed by atoms with Gasteiger partial charge in [-0.1, -0.05) is 24.3 Å². The number of carbonyl (C=O) groups excluding carboxylic acids is 3. The molecule has 0 unspecified atom stereocenters. The van der Waals surface area contributed by atoms with Crippen molar-refractivity contribution < 1.29 is 39.5 Å². The Hall–Kier alpha value is -4.11. The van der Waals surface area contributed by atoms with E-state index in [2.05, 4.69) is 0 Å². The van der Waals surface area contributed by atoms with E-state index in [1.54, 1.807) is 12.1 Å². The van der Waals surface area contributed by atoms with Gasteiger partial charge in [-0.05, 0) is 48.9 Å². The summed E-state index contributed by atoms with van der Waals surface area (Å²) in [5.41, 5.74) is 3.60. The second kappa shape index (κ2) is 8.23. The number of hydrogen-bond donors (Lipinski definition) is 5. The minimum Gasteiger partial charge on any atom is -0.511 e. The first-order valence-corrected chi connectivity index (χ1v) is 11.7. The normalized spacial score (nSPS) is 25.3. The van der Waals surface area contributed by atoms with Crippen LogP contribution in [0.3, 0.4) is 0 Å². The summed E-state index contributed by atoms with van der Waals surface area (Å²) < 4.78 is 5.76. The summed E-state index contributed by atoms with van der Waals surface area (Å²) in [5.74, 6) is -5.89. The van der Waals surface area contributed by atoms with Crippen molar-refractivity contribution in [2.75, 3.05) is 6.61 Å². The third-order valence-corrected chi connectivity index (χ3v) is 7.42. The molecule has 9 heteroatoms. The molecule has 186 valence electrons. The van der Waals surface area contributed by atoms with Crippen molar-refractivity contribution in [3.05, 3.63) is 70.2 Å². The van der Waals surface area contributed by atoms with Crippen LogP contribution in [0.15, 0.2) is 59.1 Å². The SMILES string of the molecule is CCOc1ccccc1-c1ccc(O)c2c1C[C@H]1C[C@H]3CC(O)=C(C(N)=O)C(=O)[C@@]3(O)C(O)=C1C2=O. The van der Waals surface area contributed by atoms with Gasteiger partial charge in [0.25, 0.3) is 5.91 Å². The third-order valence-electron chi connectivity index (χ3n) is 7.42. The molecule has 2 aromatic rings. The molecule has 3 atom stereocenters. The number of carbonyl (C=O) groups is 3. The van der Waals surface area contributed by atoms with Crippen LogP contribution in [0.4, 0.5) is 0 Å². The number of benzene rings is 2. The first-order chi connectivity index (χ1) is 17.1. The molecular weight excluding hydrogens is 466 g/mol. The van der Waals surface area contributed by atoms with E-state index in [1.807, 2.05) is 25.1 Å². The molecule has 6 N–H and O–H groups in total. The van der Waals surface area contributed by atoms with Gasteiger partial charge in [0, 0.05) is 23.5 Å². The van der Waals surface area contributed by atoms with E-state index in [0.717, 1.165) is 5.56 Å². The van der Waals surface area contributed by atoms with Gasteiger partial charge in [0.05, 0.1) is 12.2 Å². The van der Waals surface area contributed by atoms with Crippen LogP contribution in [0.1, 0.15) is 35.7 Å². The van der Waals surface area contributed by atoms with Gasteiger partial charge in [-0.3, -0.25) is 14.4 Å². The Morgan fingerprint density at radius 2 is 1.81 bits per heavy atom. The lowest BCUT2D eigenvalue weighted by Crippen LogP contribution is -2.57. The number of allylic oxidation sites excluding steroid dienone is 2. The molecule has 5 rings (SSSR count). The maximum atomic E-state index is 13.7. The van der Waals surface area contributed by atoms with Gasteiger partial charge in [0.2, 0.25) is 5.78 Å². The second-order valence-electron chi connectivity index (χ2n) is 9.33. The summed E-state index contributed by atoms with van der Waals surface area (Å²) in [7, 11) is 0. The van der Waals surface area contributed by atoms with Crippen molar-refractivity contribution in [3.8, 4) is 22.6 Å². The Morgan fingerprint density at radius 1 is 1.08 bits per heavy atom. The third kappa shape index (κ3) is 3.16. The predicted molar refractivity (Wildman–Crippen MR) is 127 cm³/mol. The van der Waals surface area contributed by atoms with Gasteiger partial charge in [0.15, 0.2) is 11.4 Å². The molecule has 9 nitrogen and oxygen atoms in total. The smallest absolute Gasteiger partial charge is 0.255 e. The van der Waals surface area contributed by atoms with Gasteiger partial charge in [0.1, 0.15) is 28.6 Å². The van der Waals surface area contributed by atoms with E-state index in [4.69, 9.17) is 10.5 Å². The summed E-state index contributed by atoms with van der Waals surface area (Å²) in [4.78, 5) is 38.5. The Labute approximate surface area is 206 Å². The molecule has 0 radical (unpaired) electrons. The van der Waals surface area contributed by atoms with E-state index >= 15 is 0 Å². The molecule has 0 aromatic heterocycles. The van der Waals surface area contributed by atoms with E-state index in [-0.39, 0.29) is 36.1 Å². The van der Waals surface area contributed by atoms with Crippen molar-refractivity contribution in [3.63, 3.8) is 0 Å². The number of fused-ring (bicyclic) bond motifs is 3. The number of amides is 1. The number of aliphatic hydroxyl groups is 3. The molecule has 3 aliphatic carbocycles. The van der Waals surface area contributed by atoms with Crippen molar-refractivity contribution in [1.82, 2.24) is 0 Å². The van der Waals surface area contributed by atoms with E-state index < -0.39 is 52.0 Å². The number of phenolic OH excluding ortho intramolecular Hbond substituents is 1. The zero-order valence-electron chi connectivity index (χ0n) is 19.4. The van der Waals surface area contributed by atoms with Gasteiger partial charge in [-0.25, -0.2) is 0 Å². The molecule has 36 heavy (non-hydrogen) atoms. The fourth-order valence-corrected chi connectivity index (χ4v) is 5.84. The van der Waals surface area contributed by atoms with Crippen LogP contribution < -0.4 is 10.5 Å². The molecular formula is C27H25NO8. The molecule has 1 amide bonds. The Kier molecular flexibility index (Phi) is 5.40. The van der Waals surface area contributed by atoms with Crippen LogP contribution in [0, 0.1) is 11.8 Å². The van der Waals surface area contributed by atoms with Crippen LogP contribution in [0.25, 0.3) is 11.1 Å². The lowest BCUT2D eigenvalue weighted by atomic mass is 9.60. The average Bonchev–Trinajstić information content (AvgIpc) is 2.82. The molecule has 0 heterocycles. The zero-order valence-corrected chi connectivity index (χ0v) is 19.4. The standard InChI is InChI=1S/C27H25NO8/c1-2-36-19-6-4-3-5-15(19)14-7-8-17(29)21-16(14)10-12-9-13-11-18(30)22(26(28)34)25(33)27(13,35)24(32)20(12)23(21)31/h3-8,12-13,29-30,32,35H,2,9-11H2,1H3,(H2,28,34)/t12-,13+,27+/m1/s1. The number of hydrogen-bond acceptors (Lipinski definition) is 8. The van der Waals surface area contributed by atoms with Gasteiger partial charge >= 0.3 is 0 Å². The Bertz CT molecular complexity index is 1400. The lowest BCUT2D eigenvalue weighted by Gasteiger charge is -2.45. The maximum absolute atomic E-state index is 13.7. The van der Waals surface area contributed by atoms with Crippen LogP contribution >= 0.6 is 0 Å². The van der Waals surface area contributed by atoms with Crippen molar-refractivity contribution >= 4 is 17.5 Å². The van der Waals surface area contributed by atoms with Crippen molar-refractivity contribution in [1.29, 1.82) is 0 Å². The van der Waals surface area contributed by atoms with Crippen LogP contribution in [0.2, 0.25) is 0 Å². The van der Waals surface area contributed by atoms with Crippen LogP contribution in [-0.2, 0) is 16.0 Å². The van der Waals surface area contributed by atoms with Gasteiger partial charge in [-0.15, -0.1) is 0 Å². The first kappa shape index (κ1) is 23.6. The minimum atomic E-state index is -2.58. The molecule has 0 saturated heterocycles. The highest BCUT2D eigenvalue weighted by Crippen LogP contribution is 2.52. The Morgan fingerprint density at radius 3 is 2.50 bits per heavy atom. The topological polar surface area (TPSA) is 167 Å². The number of rotatable bonds is 4. The van der Waals surface area contributed by atoms with Crippen LogP contribution in [-0.4, -0.2) is 50.1 Å². The lowest BCUT2D eigenvalue weighted by molar-refractivity contribution is -0.144. The zero-order chi connectivity index (χ0) is 25.9. The number of ether oxygens (including phenoxy) is 1. The van der Waals surface area contributed by atoms with E-state index in [1.165, 1.54) is 6.07 Å². The van der Waals surface area contributed by atoms with E-state index in [0.29, 0.717) is 23.5 Å². The number of Topliss-reactive ketones (excluding diaryl/α,β-unsaturated/α-hetero) is 2. The number of aliphatic hydroxyl groups excluding tert-OH is 2. The van der Waals surface area contributed by atoms with E-state index in [9.17, 15) is 34.8 Å². The first-order valence-electron chi connectivity index (χ1n) is 11.7. The molecule has 0 fully saturated rings. The molecule has 2 aromatic carbocycles. The number of phenols is 1. The van der Waals surface area contributed by atoms with Crippen molar-refractivity contribution in [2.45, 2.75) is 31.8 Å². The Balaban J connectivity index is 1.69. The van der Waals surface area contributed by atoms with Gasteiger partial charge in [-0.2, -0.15) is 0 Å². The maximum Gasteiger partial charge on any atom is 0.255 e. The fourth-order valence-electron chi connectivity index (χ4n) is 5.84. The highest BCUT2D eigenvalue weighted by Gasteiger charge is 2.59. The number of para-hydroxylation sites is 1. The quantitative estimate of drug-likeness (QED) is 0.407. The monoisotopic (exact) mass is 491 g/mol. The van der Waals surface area contributed by atoms with Gasteiger partial charge < -0.3 is 30.9 Å². The molecule has 3 aliphatic rings. The number of aromatic hydroxyl groups is 1. The molecule has 0 spiro atoms. The van der Waals surface area contributed by atoms with Crippen molar-refractivity contribution in [2.24, 2.45) is 17.6 Å². The number of nitrogens with two attached hydrogens (primary N) is 1. The number of ketones is 2. The summed E-state index contributed by atoms with van der Waals surface area (Å²) in [5, 5.41) is 43.4. The second-order valence-corrected chi connectivity index (χ2v) is 9.33. The molecule has 0 saturated carbocycles. The highest BCUT2D eigenvalue weighted by atomic mass is 16.5. The summed E-state index contributed by atoms with van der Waals surface area (Å²) in [6, 6.07) is 10.4. The largest absolute Gasteiger partial charge is 0.511 e. The average molecular weight is 491 g/mol. The highest BCUT2D eigenvalue weighted by molar-refractivity contribution is 6.24.